The molecule has 1 aliphatic carbocycles. The molecule has 1 amide bonds. The summed E-state index contributed by atoms with van der Waals surface area (Å²) in [5, 5.41) is 4.39. The van der Waals surface area contributed by atoms with Gasteiger partial charge in [-0.1, -0.05) is 42.1 Å². The predicted molar refractivity (Wildman–Crippen MR) is 135 cm³/mol. The Morgan fingerprint density at radius 2 is 1.90 bits per heavy atom. The third kappa shape index (κ3) is 7.14. The maximum absolute atomic E-state index is 12.5. The molecule has 3 N–H and O–H groups in total. The standard InChI is InChI=1S/C21H31Cl2N5O.HI/c1-15(18-7-6-17(22)14-19(18)23)26-21(24)25-8-9-27-10-12-28(13-11-27)20(29)16-4-2-3-5-16;/h6-7,14-16H,2-5,8-13H2,1H3,(H3,24,25,26);1H. The van der Waals surface area contributed by atoms with E-state index in [1.807, 2.05) is 24.0 Å². The van der Waals surface area contributed by atoms with Crippen molar-refractivity contribution in [2.24, 2.45) is 16.6 Å². The van der Waals surface area contributed by atoms with Crippen LogP contribution in [0.5, 0.6) is 0 Å². The molecule has 0 aromatic heterocycles. The van der Waals surface area contributed by atoms with E-state index in [-0.39, 0.29) is 35.9 Å². The lowest BCUT2D eigenvalue weighted by Gasteiger charge is -2.35. The first-order chi connectivity index (χ1) is 13.9. The van der Waals surface area contributed by atoms with Gasteiger partial charge in [-0.15, -0.1) is 24.0 Å². The highest BCUT2D eigenvalue weighted by atomic mass is 127. The van der Waals surface area contributed by atoms with Gasteiger partial charge in [-0.2, -0.15) is 0 Å². The van der Waals surface area contributed by atoms with Crippen molar-refractivity contribution in [2.75, 3.05) is 39.3 Å². The van der Waals surface area contributed by atoms with Gasteiger partial charge in [0.05, 0.1) is 12.6 Å². The third-order valence-corrected chi connectivity index (χ3v) is 6.44. The summed E-state index contributed by atoms with van der Waals surface area (Å²) in [7, 11) is 0. The second-order valence-corrected chi connectivity index (χ2v) is 8.79. The van der Waals surface area contributed by atoms with Crippen LogP contribution >= 0.6 is 47.2 Å². The molecule has 168 valence electrons. The molecule has 3 rings (SSSR count). The van der Waals surface area contributed by atoms with Crippen LogP contribution in [0.3, 0.4) is 0 Å². The Morgan fingerprint density at radius 3 is 2.53 bits per heavy atom. The number of aliphatic imine (C=N–C) groups is 1. The van der Waals surface area contributed by atoms with Crippen molar-refractivity contribution >= 4 is 59.0 Å². The molecule has 0 bridgehead atoms. The number of hydrogen-bond acceptors (Lipinski definition) is 3. The summed E-state index contributed by atoms with van der Waals surface area (Å²) in [6.07, 6.45) is 4.54. The summed E-state index contributed by atoms with van der Waals surface area (Å²) in [5.41, 5.74) is 6.97. The Hall–Kier alpha value is -0.770. The van der Waals surface area contributed by atoms with Crippen LogP contribution in [-0.2, 0) is 4.79 Å². The zero-order valence-corrected chi connectivity index (χ0v) is 21.3. The second kappa shape index (κ2) is 12.3. The number of piperazine rings is 1. The van der Waals surface area contributed by atoms with Crippen molar-refractivity contribution in [1.82, 2.24) is 15.1 Å². The SMILES string of the molecule is CC(NC(N)=NCCN1CCN(C(=O)C2CCCC2)CC1)c1ccc(Cl)cc1Cl.I. The zero-order valence-electron chi connectivity index (χ0n) is 17.4. The van der Waals surface area contributed by atoms with E-state index in [1.54, 1.807) is 6.07 Å². The average molecular weight is 568 g/mol. The molecule has 1 atom stereocenters. The lowest BCUT2D eigenvalue weighted by Crippen LogP contribution is -2.50. The Kier molecular flexibility index (Phi) is 10.5. The van der Waals surface area contributed by atoms with E-state index in [0.29, 0.717) is 28.5 Å². The lowest BCUT2D eigenvalue weighted by molar-refractivity contribution is -0.137. The van der Waals surface area contributed by atoms with Gasteiger partial charge in [-0.3, -0.25) is 14.7 Å². The number of carbonyl (C=O) groups excluding carboxylic acids is 1. The molecule has 30 heavy (non-hydrogen) atoms. The van der Waals surface area contributed by atoms with Crippen LogP contribution in [-0.4, -0.2) is 60.9 Å². The summed E-state index contributed by atoms with van der Waals surface area (Å²) in [5.74, 6) is 1.04. The minimum absolute atomic E-state index is 0. The van der Waals surface area contributed by atoms with Crippen LogP contribution in [0.2, 0.25) is 10.0 Å². The Bertz CT molecular complexity index is 734. The number of nitrogens with one attached hydrogen (secondary N) is 1. The summed E-state index contributed by atoms with van der Waals surface area (Å²) >= 11 is 12.2. The molecule has 1 saturated carbocycles. The van der Waals surface area contributed by atoms with Crippen molar-refractivity contribution < 1.29 is 4.79 Å². The van der Waals surface area contributed by atoms with Crippen LogP contribution in [0.25, 0.3) is 0 Å². The summed E-state index contributed by atoms with van der Waals surface area (Å²) in [6.45, 7) is 6.88. The van der Waals surface area contributed by atoms with Crippen LogP contribution in [0.15, 0.2) is 23.2 Å². The number of carbonyl (C=O) groups is 1. The molecule has 1 aliphatic heterocycles. The highest BCUT2D eigenvalue weighted by Gasteiger charge is 2.29. The summed E-state index contributed by atoms with van der Waals surface area (Å²) in [4.78, 5) is 21.3. The molecule has 1 aromatic carbocycles. The minimum Gasteiger partial charge on any atom is -0.370 e. The Balaban J connectivity index is 0.00000320. The zero-order chi connectivity index (χ0) is 20.8. The molecular formula is C21H32Cl2IN5O. The fourth-order valence-corrected chi connectivity index (χ4v) is 4.70. The van der Waals surface area contributed by atoms with E-state index >= 15 is 0 Å². The van der Waals surface area contributed by atoms with E-state index in [2.05, 4.69) is 15.2 Å². The largest absolute Gasteiger partial charge is 0.370 e. The van der Waals surface area contributed by atoms with Crippen molar-refractivity contribution in [3.8, 4) is 0 Å². The molecule has 0 spiro atoms. The van der Waals surface area contributed by atoms with Gasteiger partial charge >= 0.3 is 0 Å². The number of amides is 1. The lowest BCUT2D eigenvalue weighted by atomic mass is 10.1. The number of rotatable bonds is 6. The predicted octanol–water partition coefficient (Wildman–Crippen LogP) is 3.91. The van der Waals surface area contributed by atoms with E-state index < -0.39 is 0 Å². The van der Waals surface area contributed by atoms with Crippen LogP contribution in [0, 0.1) is 5.92 Å². The second-order valence-electron chi connectivity index (χ2n) is 7.95. The molecule has 0 radical (unpaired) electrons. The van der Waals surface area contributed by atoms with Crippen LogP contribution in [0.4, 0.5) is 0 Å². The van der Waals surface area contributed by atoms with Gasteiger partial charge in [-0.05, 0) is 37.5 Å². The molecule has 1 heterocycles. The molecule has 2 fully saturated rings. The number of halogens is 3. The first-order valence-electron chi connectivity index (χ1n) is 10.5. The van der Waals surface area contributed by atoms with E-state index in [0.717, 1.165) is 51.1 Å². The first-order valence-corrected chi connectivity index (χ1v) is 11.2. The summed E-state index contributed by atoms with van der Waals surface area (Å²) < 4.78 is 0. The van der Waals surface area contributed by atoms with Gasteiger partial charge in [0.15, 0.2) is 5.96 Å². The fraction of sp³-hybridized carbons (Fsp3) is 0.619. The maximum Gasteiger partial charge on any atom is 0.225 e. The molecule has 1 unspecified atom stereocenters. The average Bonchev–Trinajstić information content (AvgIpc) is 3.22. The molecule has 9 heteroatoms. The Morgan fingerprint density at radius 1 is 1.23 bits per heavy atom. The number of benzene rings is 1. The smallest absolute Gasteiger partial charge is 0.225 e. The van der Waals surface area contributed by atoms with Crippen LogP contribution < -0.4 is 11.1 Å². The number of nitrogens with two attached hydrogens (primary N) is 1. The van der Waals surface area contributed by atoms with Gasteiger partial charge in [0.2, 0.25) is 5.91 Å². The van der Waals surface area contributed by atoms with Gasteiger partial charge in [-0.25, -0.2) is 0 Å². The quantitative estimate of drug-likeness (QED) is 0.310. The Labute approximate surface area is 206 Å². The summed E-state index contributed by atoms with van der Waals surface area (Å²) in [6, 6.07) is 5.36. The van der Waals surface area contributed by atoms with E-state index in [4.69, 9.17) is 28.9 Å². The fourth-order valence-electron chi connectivity index (χ4n) is 4.13. The van der Waals surface area contributed by atoms with Gasteiger partial charge in [0, 0.05) is 48.7 Å². The molecular weight excluding hydrogens is 536 g/mol. The van der Waals surface area contributed by atoms with E-state index in [9.17, 15) is 4.79 Å². The van der Waals surface area contributed by atoms with Gasteiger partial charge in [0.1, 0.15) is 0 Å². The van der Waals surface area contributed by atoms with Crippen molar-refractivity contribution in [3.63, 3.8) is 0 Å². The number of hydrogen-bond donors (Lipinski definition) is 2. The highest BCUT2D eigenvalue weighted by Crippen LogP contribution is 2.27. The van der Waals surface area contributed by atoms with Crippen LogP contribution in [0.1, 0.15) is 44.2 Å². The van der Waals surface area contributed by atoms with E-state index in [1.165, 1.54) is 12.8 Å². The molecule has 6 nitrogen and oxygen atoms in total. The van der Waals surface area contributed by atoms with Gasteiger partial charge in [0.25, 0.3) is 0 Å². The molecule has 1 saturated heterocycles. The molecule has 1 aromatic rings. The topological polar surface area (TPSA) is 74.0 Å². The van der Waals surface area contributed by atoms with Crippen molar-refractivity contribution in [3.05, 3.63) is 33.8 Å². The molecule has 2 aliphatic rings. The monoisotopic (exact) mass is 567 g/mol. The third-order valence-electron chi connectivity index (χ3n) is 5.88. The first kappa shape index (κ1) is 25.5. The maximum atomic E-state index is 12.5. The minimum atomic E-state index is -0.0614. The van der Waals surface area contributed by atoms with Crippen molar-refractivity contribution in [2.45, 2.75) is 38.6 Å². The van der Waals surface area contributed by atoms with Crippen molar-refractivity contribution in [1.29, 1.82) is 0 Å². The highest BCUT2D eigenvalue weighted by molar-refractivity contribution is 14.0. The van der Waals surface area contributed by atoms with Gasteiger partial charge < -0.3 is 16.0 Å². The number of guanidine groups is 1. The number of nitrogens with zero attached hydrogens (tertiary/aromatic N) is 3. The normalized spacial score (nSPS) is 19.4.